The van der Waals surface area contributed by atoms with Crippen LogP contribution in [0.4, 0.5) is 13.2 Å². The largest absolute Gasteiger partial charge is 0.505 e. The van der Waals surface area contributed by atoms with Gasteiger partial charge in [-0.05, 0) is 42.5 Å². The number of carboxylic acids is 1. The van der Waals surface area contributed by atoms with Crippen molar-refractivity contribution in [1.29, 1.82) is 0 Å². The van der Waals surface area contributed by atoms with Crippen LogP contribution in [0.3, 0.4) is 0 Å². The van der Waals surface area contributed by atoms with Crippen LogP contribution in [0.25, 0.3) is 10.8 Å². The second kappa shape index (κ2) is 6.10. The molecule has 0 unspecified atom stereocenters. The lowest BCUT2D eigenvalue weighted by Gasteiger charge is -2.11. The molecule has 0 radical (unpaired) electrons. The van der Waals surface area contributed by atoms with Gasteiger partial charge in [0.2, 0.25) is 5.88 Å². The highest BCUT2D eigenvalue weighted by atomic mass is 19.4. The van der Waals surface area contributed by atoms with Crippen molar-refractivity contribution in [2.45, 2.75) is 6.18 Å². The predicted molar refractivity (Wildman–Crippen MR) is 83.5 cm³/mol. The number of carbonyl (C=O) groups is 1. The van der Waals surface area contributed by atoms with Gasteiger partial charge < -0.3 is 20.1 Å². The summed E-state index contributed by atoms with van der Waals surface area (Å²) < 4.78 is 43.1. The van der Waals surface area contributed by atoms with E-state index in [1.165, 1.54) is 18.2 Å². The van der Waals surface area contributed by atoms with Gasteiger partial charge in [0.05, 0.1) is 10.9 Å². The number of hydrogen-bond acceptors (Lipinski definition) is 5. The Balaban J connectivity index is 1.96. The summed E-state index contributed by atoms with van der Waals surface area (Å²) in [6.07, 6.45) is -4.46. The standard InChI is InChI=1S/C17H10F3NO5/c18-17(19,20)8-1-3-9(4-2-8)26-10-5-6-11-12(7-10)15(23)21-13(14(11)22)16(24)25/h1-7,22H,(H,21,23)(H,24,25). The molecule has 134 valence electrons. The van der Waals surface area contributed by atoms with Gasteiger partial charge in [0.15, 0.2) is 11.4 Å². The van der Waals surface area contributed by atoms with Crippen molar-refractivity contribution >= 4 is 16.7 Å². The summed E-state index contributed by atoms with van der Waals surface area (Å²) >= 11 is 0. The smallest absolute Gasteiger partial charge is 0.416 e. The first-order chi connectivity index (χ1) is 12.2. The molecule has 0 aliphatic carbocycles. The molecule has 0 atom stereocenters. The number of rotatable bonds is 3. The third kappa shape index (κ3) is 3.18. The molecule has 0 spiro atoms. The van der Waals surface area contributed by atoms with Crippen molar-refractivity contribution in [2.75, 3.05) is 0 Å². The highest BCUT2D eigenvalue weighted by Crippen LogP contribution is 2.37. The molecule has 3 rings (SSSR count). The Labute approximate surface area is 143 Å². The van der Waals surface area contributed by atoms with Gasteiger partial charge in [0.25, 0.3) is 0 Å². The first kappa shape index (κ1) is 17.3. The van der Waals surface area contributed by atoms with Gasteiger partial charge in [-0.2, -0.15) is 13.2 Å². The van der Waals surface area contributed by atoms with Crippen molar-refractivity contribution < 1.29 is 38.0 Å². The quantitative estimate of drug-likeness (QED) is 0.645. The minimum Gasteiger partial charge on any atom is -0.505 e. The normalized spacial score (nSPS) is 11.5. The minimum atomic E-state index is -4.46. The summed E-state index contributed by atoms with van der Waals surface area (Å²) in [4.78, 5) is 14.4. The highest BCUT2D eigenvalue weighted by molar-refractivity contribution is 6.00. The zero-order chi connectivity index (χ0) is 19.1. The molecule has 3 N–H and O–H groups in total. The van der Waals surface area contributed by atoms with E-state index in [0.717, 1.165) is 24.3 Å². The number of benzene rings is 2. The first-order valence-electron chi connectivity index (χ1n) is 7.11. The topological polar surface area (TPSA) is 99.9 Å². The van der Waals surface area contributed by atoms with E-state index >= 15 is 0 Å². The fourth-order valence-electron chi connectivity index (χ4n) is 2.32. The summed E-state index contributed by atoms with van der Waals surface area (Å²) in [6, 6.07) is 7.94. The molecule has 1 heterocycles. The molecule has 9 heteroatoms. The van der Waals surface area contributed by atoms with Crippen LogP contribution in [-0.4, -0.2) is 26.3 Å². The molecule has 6 nitrogen and oxygen atoms in total. The summed E-state index contributed by atoms with van der Waals surface area (Å²) in [5.41, 5.74) is -1.53. The number of pyridine rings is 1. The molecule has 0 bridgehead atoms. The maximum Gasteiger partial charge on any atom is 0.416 e. The van der Waals surface area contributed by atoms with Gasteiger partial charge in [-0.1, -0.05) is 0 Å². The molecular weight excluding hydrogens is 355 g/mol. The second-order valence-corrected chi connectivity index (χ2v) is 5.27. The van der Waals surface area contributed by atoms with Crippen LogP contribution in [0.1, 0.15) is 16.1 Å². The Morgan fingerprint density at radius 1 is 0.962 bits per heavy atom. The molecule has 0 amide bonds. The monoisotopic (exact) mass is 365 g/mol. The van der Waals surface area contributed by atoms with E-state index in [1.54, 1.807) is 0 Å². The summed E-state index contributed by atoms with van der Waals surface area (Å²) in [5, 5.41) is 28.8. The van der Waals surface area contributed by atoms with Crippen LogP contribution in [0.5, 0.6) is 23.1 Å². The van der Waals surface area contributed by atoms with Crippen LogP contribution in [0, 0.1) is 0 Å². The van der Waals surface area contributed by atoms with Gasteiger partial charge in [0, 0.05) is 5.39 Å². The van der Waals surface area contributed by atoms with E-state index in [2.05, 4.69) is 4.98 Å². The average molecular weight is 365 g/mol. The molecule has 0 fully saturated rings. The Kier molecular flexibility index (Phi) is 4.07. The zero-order valence-corrected chi connectivity index (χ0v) is 12.8. The molecule has 3 aromatic rings. The van der Waals surface area contributed by atoms with E-state index in [-0.39, 0.29) is 22.3 Å². The van der Waals surface area contributed by atoms with E-state index in [4.69, 9.17) is 9.84 Å². The van der Waals surface area contributed by atoms with Crippen LogP contribution < -0.4 is 4.74 Å². The summed E-state index contributed by atoms with van der Waals surface area (Å²) in [5.74, 6) is -2.49. The average Bonchev–Trinajstić information content (AvgIpc) is 2.57. The van der Waals surface area contributed by atoms with E-state index in [9.17, 15) is 28.2 Å². The fourth-order valence-corrected chi connectivity index (χ4v) is 2.32. The molecule has 0 aliphatic rings. The number of halogens is 3. The molecule has 2 aromatic carbocycles. The molecule has 0 aliphatic heterocycles. The first-order valence-corrected chi connectivity index (χ1v) is 7.11. The Hall–Kier alpha value is -3.49. The van der Waals surface area contributed by atoms with E-state index < -0.39 is 35.0 Å². The maximum atomic E-state index is 12.6. The number of fused-ring (bicyclic) bond motifs is 1. The fraction of sp³-hybridized carbons (Fsp3) is 0.0588. The van der Waals surface area contributed by atoms with Gasteiger partial charge in [-0.15, -0.1) is 0 Å². The van der Waals surface area contributed by atoms with Gasteiger partial charge in [0.1, 0.15) is 11.5 Å². The summed E-state index contributed by atoms with van der Waals surface area (Å²) in [6.45, 7) is 0. The van der Waals surface area contributed by atoms with E-state index in [0.29, 0.717) is 0 Å². The molecule has 0 saturated carbocycles. The number of alkyl halides is 3. The summed E-state index contributed by atoms with van der Waals surface area (Å²) in [7, 11) is 0. The predicted octanol–water partition coefficient (Wildman–Crippen LogP) is 4.16. The molecule has 26 heavy (non-hydrogen) atoms. The molecule has 0 saturated heterocycles. The van der Waals surface area contributed by atoms with E-state index in [1.807, 2.05) is 0 Å². The number of aromatic nitrogens is 1. The minimum absolute atomic E-state index is 0.0249. The number of aromatic carboxylic acids is 1. The van der Waals surface area contributed by atoms with Crippen molar-refractivity contribution in [3.63, 3.8) is 0 Å². The van der Waals surface area contributed by atoms with Crippen LogP contribution >= 0.6 is 0 Å². The Bertz CT molecular complexity index is 1000. The lowest BCUT2D eigenvalue weighted by atomic mass is 10.1. The number of carboxylic acid groups (broad SMARTS) is 1. The van der Waals surface area contributed by atoms with Crippen LogP contribution in [0.15, 0.2) is 42.5 Å². The van der Waals surface area contributed by atoms with Crippen molar-refractivity contribution in [3.8, 4) is 23.1 Å². The van der Waals surface area contributed by atoms with Gasteiger partial charge in [-0.25, -0.2) is 9.78 Å². The van der Waals surface area contributed by atoms with Crippen molar-refractivity contribution in [3.05, 3.63) is 53.7 Å². The van der Waals surface area contributed by atoms with Crippen molar-refractivity contribution in [1.82, 2.24) is 4.98 Å². The van der Waals surface area contributed by atoms with Gasteiger partial charge in [-0.3, -0.25) is 0 Å². The lowest BCUT2D eigenvalue weighted by Crippen LogP contribution is -2.04. The Morgan fingerprint density at radius 3 is 2.15 bits per heavy atom. The third-order valence-electron chi connectivity index (χ3n) is 3.55. The highest BCUT2D eigenvalue weighted by Gasteiger charge is 2.30. The third-order valence-corrected chi connectivity index (χ3v) is 3.55. The second-order valence-electron chi connectivity index (χ2n) is 5.27. The zero-order valence-electron chi connectivity index (χ0n) is 12.8. The van der Waals surface area contributed by atoms with Crippen LogP contribution in [-0.2, 0) is 6.18 Å². The van der Waals surface area contributed by atoms with Gasteiger partial charge >= 0.3 is 12.1 Å². The number of aromatic hydroxyl groups is 2. The van der Waals surface area contributed by atoms with Crippen molar-refractivity contribution in [2.24, 2.45) is 0 Å². The molecule has 1 aromatic heterocycles. The lowest BCUT2D eigenvalue weighted by molar-refractivity contribution is -0.137. The number of hydrogen-bond donors (Lipinski definition) is 3. The number of ether oxygens (including phenoxy) is 1. The van der Waals surface area contributed by atoms with Crippen LogP contribution in [0.2, 0.25) is 0 Å². The Morgan fingerprint density at radius 2 is 1.58 bits per heavy atom. The maximum absolute atomic E-state index is 12.6. The number of nitrogens with zero attached hydrogens (tertiary/aromatic N) is 1. The SMILES string of the molecule is O=C(O)c1nc(O)c2cc(Oc3ccc(C(F)(F)F)cc3)ccc2c1O. The molecular formula is C17H10F3NO5.